The topological polar surface area (TPSA) is 35.5 Å². The third-order valence-corrected chi connectivity index (χ3v) is 4.22. The Balaban J connectivity index is 2.18. The number of carbonyl (C=O) groups excluding carboxylic acids is 1. The van der Waals surface area contributed by atoms with Crippen molar-refractivity contribution in [3.8, 4) is 11.5 Å². The van der Waals surface area contributed by atoms with Crippen LogP contribution in [0.2, 0.25) is 0 Å². The molecular weight excluding hydrogens is 300 g/mol. The standard InChI is InChI=1S/C21H32O3/c1-4-5-6-7-8-9-10-11-12-19(22)14-13-18-15-20(23-2)17-21(16-18)24-3/h4,15-17H,1,5-14H2,2-3H3. The molecule has 0 saturated heterocycles. The van der Waals surface area contributed by atoms with E-state index in [-0.39, 0.29) is 0 Å². The van der Waals surface area contributed by atoms with Gasteiger partial charge in [0.05, 0.1) is 14.2 Å². The van der Waals surface area contributed by atoms with Gasteiger partial charge in [0, 0.05) is 18.9 Å². The molecule has 1 rings (SSSR count). The fraction of sp³-hybridized carbons (Fsp3) is 0.571. The summed E-state index contributed by atoms with van der Waals surface area (Å²) in [6.45, 7) is 3.73. The Hall–Kier alpha value is -1.77. The van der Waals surface area contributed by atoms with Crippen LogP contribution >= 0.6 is 0 Å². The zero-order chi connectivity index (χ0) is 17.6. The minimum absolute atomic E-state index is 0.350. The third-order valence-electron chi connectivity index (χ3n) is 4.22. The summed E-state index contributed by atoms with van der Waals surface area (Å²) in [6, 6.07) is 5.79. The number of ether oxygens (including phenoxy) is 2. The van der Waals surface area contributed by atoms with E-state index in [1.165, 1.54) is 25.7 Å². The quantitative estimate of drug-likeness (QED) is 0.333. The second-order valence-electron chi connectivity index (χ2n) is 6.21. The van der Waals surface area contributed by atoms with Gasteiger partial charge < -0.3 is 9.47 Å². The summed E-state index contributed by atoms with van der Waals surface area (Å²) in [7, 11) is 3.28. The predicted octanol–water partition coefficient (Wildman–Crippen LogP) is 5.51. The summed E-state index contributed by atoms with van der Waals surface area (Å²) in [6.07, 6.45) is 12.3. The maximum absolute atomic E-state index is 12.0. The lowest BCUT2D eigenvalue weighted by molar-refractivity contribution is -0.119. The first-order valence-electron chi connectivity index (χ1n) is 9.04. The molecule has 3 nitrogen and oxygen atoms in total. The van der Waals surface area contributed by atoms with Crippen LogP contribution in [0.1, 0.15) is 63.4 Å². The van der Waals surface area contributed by atoms with Gasteiger partial charge in [0.1, 0.15) is 17.3 Å². The van der Waals surface area contributed by atoms with E-state index in [1.54, 1.807) is 14.2 Å². The first-order valence-corrected chi connectivity index (χ1v) is 9.04. The third kappa shape index (κ3) is 8.76. The maximum Gasteiger partial charge on any atom is 0.133 e. The van der Waals surface area contributed by atoms with Crippen molar-refractivity contribution in [2.45, 2.75) is 64.2 Å². The number of carbonyl (C=O) groups is 1. The highest BCUT2D eigenvalue weighted by Gasteiger charge is 2.06. The van der Waals surface area contributed by atoms with Crippen LogP contribution in [0, 0.1) is 0 Å². The molecule has 0 spiro atoms. The Morgan fingerprint density at radius 2 is 1.50 bits per heavy atom. The van der Waals surface area contributed by atoms with Crippen molar-refractivity contribution < 1.29 is 14.3 Å². The van der Waals surface area contributed by atoms with E-state index < -0.39 is 0 Å². The summed E-state index contributed by atoms with van der Waals surface area (Å²) < 4.78 is 10.5. The van der Waals surface area contributed by atoms with E-state index >= 15 is 0 Å². The minimum atomic E-state index is 0.350. The number of allylic oxidation sites excluding steroid dienone is 1. The molecule has 1 aromatic rings. The molecule has 0 N–H and O–H groups in total. The van der Waals surface area contributed by atoms with Crippen LogP contribution in [0.3, 0.4) is 0 Å². The van der Waals surface area contributed by atoms with E-state index in [0.29, 0.717) is 18.6 Å². The Bertz CT molecular complexity index is 472. The van der Waals surface area contributed by atoms with Crippen molar-refractivity contribution in [1.82, 2.24) is 0 Å². The van der Waals surface area contributed by atoms with E-state index in [4.69, 9.17) is 9.47 Å². The number of unbranched alkanes of at least 4 members (excludes halogenated alkanes) is 6. The first kappa shape index (κ1) is 20.3. The molecule has 0 aliphatic carbocycles. The first-order chi connectivity index (χ1) is 11.7. The monoisotopic (exact) mass is 332 g/mol. The lowest BCUT2D eigenvalue weighted by Crippen LogP contribution is -2.01. The van der Waals surface area contributed by atoms with Gasteiger partial charge in [-0.3, -0.25) is 4.79 Å². The van der Waals surface area contributed by atoms with Gasteiger partial charge in [0.25, 0.3) is 0 Å². The van der Waals surface area contributed by atoms with Crippen molar-refractivity contribution in [3.05, 3.63) is 36.4 Å². The summed E-state index contributed by atoms with van der Waals surface area (Å²) in [5.74, 6) is 1.89. The Morgan fingerprint density at radius 1 is 0.917 bits per heavy atom. The average molecular weight is 332 g/mol. The molecular formula is C21H32O3. The lowest BCUT2D eigenvalue weighted by atomic mass is 10.0. The van der Waals surface area contributed by atoms with Crippen LogP contribution in [0.5, 0.6) is 11.5 Å². The van der Waals surface area contributed by atoms with Crippen LogP contribution in [0.25, 0.3) is 0 Å². The number of methoxy groups -OCH3 is 2. The molecule has 134 valence electrons. The van der Waals surface area contributed by atoms with Crippen molar-refractivity contribution in [1.29, 1.82) is 0 Å². The fourth-order valence-corrected chi connectivity index (χ4v) is 2.74. The van der Waals surface area contributed by atoms with E-state index in [1.807, 2.05) is 24.3 Å². The van der Waals surface area contributed by atoms with E-state index in [0.717, 1.165) is 42.7 Å². The van der Waals surface area contributed by atoms with Gasteiger partial charge in [-0.2, -0.15) is 0 Å². The smallest absolute Gasteiger partial charge is 0.133 e. The highest BCUT2D eigenvalue weighted by molar-refractivity contribution is 5.78. The lowest BCUT2D eigenvalue weighted by Gasteiger charge is -2.08. The summed E-state index contributed by atoms with van der Waals surface area (Å²) in [5.41, 5.74) is 1.08. The number of benzene rings is 1. The number of hydrogen-bond acceptors (Lipinski definition) is 3. The predicted molar refractivity (Wildman–Crippen MR) is 100 cm³/mol. The molecule has 0 aliphatic heterocycles. The van der Waals surface area contributed by atoms with Gasteiger partial charge in [-0.15, -0.1) is 6.58 Å². The molecule has 0 amide bonds. The average Bonchev–Trinajstić information content (AvgIpc) is 2.61. The largest absolute Gasteiger partial charge is 0.497 e. The van der Waals surface area contributed by atoms with Gasteiger partial charge in [0.15, 0.2) is 0 Å². The van der Waals surface area contributed by atoms with Crippen molar-refractivity contribution in [2.24, 2.45) is 0 Å². The normalized spacial score (nSPS) is 10.4. The maximum atomic E-state index is 12.0. The second kappa shape index (κ2) is 12.6. The van der Waals surface area contributed by atoms with Gasteiger partial charge in [-0.05, 0) is 43.4 Å². The molecule has 0 radical (unpaired) electrons. The number of Topliss-reactive ketones (excluding diaryl/α,β-unsaturated/α-hetero) is 1. The molecule has 24 heavy (non-hydrogen) atoms. The molecule has 0 fully saturated rings. The van der Waals surface area contributed by atoms with Gasteiger partial charge in [-0.25, -0.2) is 0 Å². The number of rotatable bonds is 14. The van der Waals surface area contributed by atoms with Crippen molar-refractivity contribution in [2.75, 3.05) is 14.2 Å². The van der Waals surface area contributed by atoms with Crippen LogP contribution in [0.15, 0.2) is 30.9 Å². The van der Waals surface area contributed by atoms with Crippen LogP contribution in [0.4, 0.5) is 0 Å². The number of aryl methyl sites for hydroxylation is 1. The molecule has 0 bridgehead atoms. The summed E-state index contributed by atoms with van der Waals surface area (Å²) >= 11 is 0. The highest BCUT2D eigenvalue weighted by atomic mass is 16.5. The highest BCUT2D eigenvalue weighted by Crippen LogP contribution is 2.23. The van der Waals surface area contributed by atoms with Gasteiger partial charge in [-0.1, -0.05) is 31.8 Å². The van der Waals surface area contributed by atoms with E-state index in [2.05, 4.69) is 6.58 Å². The van der Waals surface area contributed by atoms with Crippen LogP contribution < -0.4 is 9.47 Å². The zero-order valence-corrected chi connectivity index (χ0v) is 15.3. The number of hydrogen-bond donors (Lipinski definition) is 0. The van der Waals surface area contributed by atoms with E-state index in [9.17, 15) is 4.79 Å². The van der Waals surface area contributed by atoms with Crippen LogP contribution in [-0.4, -0.2) is 20.0 Å². The van der Waals surface area contributed by atoms with Crippen LogP contribution in [-0.2, 0) is 11.2 Å². The molecule has 3 heteroatoms. The molecule has 0 heterocycles. The SMILES string of the molecule is C=CCCCCCCCCC(=O)CCc1cc(OC)cc(OC)c1. The fourth-order valence-electron chi connectivity index (χ4n) is 2.74. The summed E-state index contributed by atoms with van der Waals surface area (Å²) in [4.78, 5) is 12.0. The minimum Gasteiger partial charge on any atom is -0.497 e. The molecule has 0 atom stereocenters. The summed E-state index contributed by atoms with van der Waals surface area (Å²) in [5, 5.41) is 0. The molecule has 0 saturated carbocycles. The number of ketones is 1. The Labute approximate surface area is 147 Å². The second-order valence-corrected chi connectivity index (χ2v) is 6.21. The zero-order valence-electron chi connectivity index (χ0n) is 15.3. The Kier molecular flexibility index (Phi) is 10.7. The Morgan fingerprint density at radius 3 is 2.08 bits per heavy atom. The van der Waals surface area contributed by atoms with Crippen molar-refractivity contribution in [3.63, 3.8) is 0 Å². The molecule has 0 unspecified atom stereocenters. The molecule has 0 aromatic heterocycles. The molecule has 0 aliphatic rings. The molecule has 1 aromatic carbocycles. The van der Waals surface area contributed by atoms with Gasteiger partial charge >= 0.3 is 0 Å². The van der Waals surface area contributed by atoms with Crippen molar-refractivity contribution >= 4 is 5.78 Å². The van der Waals surface area contributed by atoms with Gasteiger partial charge in [0.2, 0.25) is 0 Å².